The zero-order valence-electron chi connectivity index (χ0n) is 9.61. The third-order valence-electron chi connectivity index (χ3n) is 2.99. The van der Waals surface area contributed by atoms with Crippen molar-refractivity contribution in [2.45, 2.75) is 38.6 Å². The highest BCUT2D eigenvalue weighted by atomic mass is 16.7. The lowest BCUT2D eigenvalue weighted by molar-refractivity contribution is -0.152. The minimum Gasteiger partial charge on any atom is -0.443 e. The number of rotatable bonds is 3. The maximum Gasteiger partial charge on any atom is 0.407 e. The molecule has 5 heteroatoms. The summed E-state index contributed by atoms with van der Waals surface area (Å²) in [5.74, 6) is 0.209. The van der Waals surface area contributed by atoms with Gasteiger partial charge in [0.25, 0.3) is 0 Å². The lowest BCUT2D eigenvalue weighted by atomic mass is 9.97. The number of carbonyl (C=O) groups excluding carboxylic acids is 1. The van der Waals surface area contributed by atoms with Gasteiger partial charge in [0.15, 0.2) is 6.29 Å². The van der Waals surface area contributed by atoms with E-state index in [0.29, 0.717) is 13.2 Å². The molecule has 0 radical (unpaired) electrons. The lowest BCUT2D eigenvalue weighted by Gasteiger charge is -2.26. The minimum atomic E-state index is -0.346. The number of fused-ring (bicyclic) bond motifs is 1. The monoisotopic (exact) mass is 229 g/mol. The van der Waals surface area contributed by atoms with Crippen LogP contribution in [0.2, 0.25) is 0 Å². The van der Waals surface area contributed by atoms with Gasteiger partial charge >= 0.3 is 6.09 Å². The van der Waals surface area contributed by atoms with Crippen LogP contribution < -0.4 is 5.32 Å². The Morgan fingerprint density at radius 3 is 3.19 bits per heavy atom. The first-order valence-electron chi connectivity index (χ1n) is 5.99. The molecule has 2 aliphatic rings. The summed E-state index contributed by atoms with van der Waals surface area (Å²) in [7, 11) is 0. The largest absolute Gasteiger partial charge is 0.443 e. The van der Waals surface area contributed by atoms with E-state index in [9.17, 15) is 4.79 Å². The van der Waals surface area contributed by atoms with Crippen LogP contribution in [-0.4, -0.2) is 38.2 Å². The number of nitrogens with one attached hydrogen (secondary N) is 1. The van der Waals surface area contributed by atoms with Gasteiger partial charge in [-0.2, -0.15) is 0 Å². The molecule has 0 aromatic rings. The molecule has 92 valence electrons. The van der Waals surface area contributed by atoms with E-state index in [0.717, 1.165) is 25.9 Å². The van der Waals surface area contributed by atoms with Gasteiger partial charge < -0.3 is 19.5 Å². The average molecular weight is 229 g/mol. The van der Waals surface area contributed by atoms with Gasteiger partial charge in [-0.15, -0.1) is 0 Å². The quantitative estimate of drug-likeness (QED) is 0.792. The van der Waals surface area contributed by atoms with Crippen LogP contribution >= 0.6 is 0 Å². The molecule has 0 bridgehead atoms. The molecule has 2 fully saturated rings. The number of amides is 1. The summed E-state index contributed by atoms with van der Waals surface area (Å²) in [5.41, 5.74) is 0. The van der Waals surface area contributed by atoms with Crippen molar-refractivity contribution in [3.63, 3.8) is 0 Å². The Bertz CT molecular complexity index is 246. The highest BCUT2D eigenvalue weighted by Gasteiger charge is 2.41. The van der Waals surface area contributed by atoms with Gasteiger partial charge in [-0.25, -0.2) is 4.79 Å². The topological polar surface area (TPSA) is 56.8 Å². The predicted octanol–water partition coefficient (Wildman–Crippen LogP) is 1.27. The van der Waals surface area contributed by atoms with E-state index in [-0.39, 0.29) is 24.4 Å². The Morgan fingerprint density at radius 1 is 1.50 bits per heavy atom. The summed E-state index contributed by atoms with van der Waals surface area (Å²) in [4.78, 5) is 11.4. The SMILES string of the molecule is CCCNC(=O)OC1CO[C@H]2OCCC[C@@H]12. The van der Waals surface area contributed by atoms with Gasteiger partial charge in [0.05, 0.1) is 6.61 Å². The van der Waals surface area contributed by atoms with Crippen molar-refractivity contribution in [3.05, 3.63) is 0 Å². The molecule has 2 heterocycles. The molecule has 5 nitrogen and oxygen atoms in total. The normalized spacial score (nSPS) is 33.2. The van der Waals surface area contributed by atoms with Gasteiger partial charge in [0.1, 0.15) is 6.10 Å². The fraction of sp³-hybridized carbons (Fsp3) is 0.909. The van der Waals surface area contributed by atoms with Crippen LogP contribution in [0.15, 0.2) is 0 Å². The molecule has 1 unspecified atom stereocenters. The molecule has 0 spiro atoms. The van der Waals surface area contributed by atoms with Crippen LogP contribution in [0.4, 0.5) is 4.79 Å². The van der Waals surface area contributed by atoms with E-state index >= 15 is 0 Å². The Kier molecular flexibility index (Phi) is 4.01. The van der Waals surface area contributed by atoms with Crippen molar-refractivity contribution < 1.29 is 19.0 Å². The van der Waals surface area contributed by atoms with Crippen LogP contribution in [0.3, 0.4) is 0 Å². The molecule has 0 saturated carbocycles. The van der Waals surface area contributed by atoms with Crippen molar-refractivity contribution in [2.24, 2.45) is 5.92 Å². The summed E-state index contributed by atoms with van der Waals surface area (Å²) in [6.45, 7) is 3.85. The third-order valence-corrected chi connectivity index (χ3v) is 2.99. The van der Waals surface area contributed by atoms with E-state index in [2.05, 4.69) is 5.32 Å². The highest BCUT2D eigenvalue weighted by Crippen LogP contribution is 2.32. The average Bonchev–Trinajstić information content (AvgIpc) is 2.70. The van der Waals surface area contributed by atoms with E-state index in [4.69, 9.17) is 14.2 Å². The zero-order chi connectivity index (χ0) is 11.4. The van der Waals surface area contributed by atoms with E-state index in [1.54, 1.807) is 0 Å². The van der Waals surface area contributed by atoms with Gasteiger partial charge in [-0.3, -0.25) is 0 Å². The number of carbonyl (C=O) groups is 1. The molecule has 3 atom stereocenters. The zero-order valence-corrected chi connectivity index (χ0v) is 9.61. The van der Waals surface area contributed by atoms with Crippen LogP contribution in [-0.2, 0) is 14.2 Å². The molecule has 2 aliphatic heterocycles. The van der Waals surface area contributed by atoms with Crippen LogP contribution in [0, 0.1) is 5.92 Å². The maximum absolute atomic E-state index is 11.4. The van der Waals surface area contributed by atoms with E-state index in [1.165, 1.54) is 0 Å². The van der Waals surface area contributed by atoms with Gasteiger partial charge in [-0.05, 0) is 19.3 Å². The predicted molar refractivity (Wildman–Crippen MR) is 57.0 cm³/mol. The molecule has 0 aromatic heterocycles. The first kappa shape index (κ1) is 11.7. The maximum atomic E-state index is 11.4. The second-order valence-corrected chi connectivity index (χ2v) is 4.25. The van der Waals surface area contributed by atoms with Gasteiger partial charge in [0, 0.05) is 19.1 Å². The van der Waals surface area contributed by atoms with E-state index < -0.39 is 0 Å². The van der Waals surface area contributed by atoms with Crippen molar-refractivity contribution in [3.8, 4) is 0 Å². The third kappa shape index (κ3) is 2.65. The first-order chi connectivity index (χ1) is 7.81. The summed E-state index contributed by atoms with van der Waals surface area (Å²) < 4.78 is 16.2. The Balaban J connectivity index is 1.79. The molecular weight excluding hydrogens is 210 g/mol. The minimum absolute atomic E-state index is 0.151. The van der Waals surface area contributed by atoms with E-state index in [1.807, 2.05) is 6.92 Å². The standard InChI is InChI=1S/C11H19NO4/c1-2-5-12-11(13)16-9-7-15-10-8(9)4-3-6-14-10/h8-10H,2-7H2,1H3,(H,12,13)/t8-,9?,10+/m0/s1. The molecule has 2 saturated heterocycles. The van der Waals surface area contributed by atoms with Gasteiger partial charge in [0.2, 0.25) is 0 Å². The number of hydrogen-bond donors (Lipinski definition) is 1. The summed E-state index contributed by atoms with van der Waals surface area (Å²) in [6.07, 6.45) is 2.27. The lowest BCUT2D eigenvalue weighted by Crippen LogP contribution is -2.36. The van der Waals surface area contributed by atoms with Gasteiger partial charge in [-0.1, -0.05) is 6.92 Å². The fourth-order valence-electron chi connectivity index (χ4n) is 2.15. The summed E-state index contributed by atoms with van der Waals surface area (Å²) >= 11 is 0. The Hall–Kier alpha value is -0.810. The molecule has 0 aromatic carbocycles. The van der Waals surface area contributed by atoms with Crippen molar-refractivity contribution in [2.75, 3.05) is 19.8 Å². The number of alkyl carbamates (subject to hydrolysis) is 1. The molecular formula is C11H19NO4. The smallest absolute Gasteiger partial charge is 0.407 e. The molecule has 0 aliphatic carbocycles. The summed E-state index contributed by atoms with van der Waals surface area (Å²) in [6, 6.07) is 0. The second-order valence-electron chi connectivity index (χ2n) is 4.25. The Labute approximate surface area is 95.4 Å². The highest BCUT2D eigenvalue weighted by molar-refractivity contribution is 5.67. The van der Waals surface area contributed by atoms with Crippen LogP contribution in [0.5, 0.6) is 0 Å². The molecule has 1 N–H and O–H groups in total. The summed E-state index contributed by atoms with van der Waals surface area (Å²) in [5, 5.41) is 2.70. The number of ether oxygens (including phenoxy) is 3. The van der Waals surface area contributed by atoms with Crippen molar-refractivity contribution in [1.29, 1.82) is 0 Å². The van der Waals surface area contributed by atoms with Crippen LogP contribution in [0.1, 0.15) is 26.2 Å². The van der Waals surface area contributed by atoms with Crippen molar-refractivity contribution in [1.82, 2.24) is 5.32 Å². The fourth-order valence-corrected chi connectivity index (χ4v) is 2.15. The van der Waals surface area contributed by atoms with Crippen molar-refractivity contribution >= 4 is 6.09 Å². The Morgan fingerprint density at radius 2 is 2.38 bits per heavy atom. The molecule has 16 heavy (non-hydrogen) atoms. The van der Waals surface area contributed by atoms with Crippen LogP contribution in [0.25, 0.3) is 0 Å². The molecule has 2 rings (SSSR count). The number of hydrogen-bond acceptors (Lipinski definition) is 4. The first-order valence-corrected chi connectivity index (χ1v) is 5.99. The second kappa shape index (κ2) is 5.50. The molecule has 1 amide bonds.